The summed E-state index contributed by atoms with van der Waals surface area (Å²) in [5.41, 5.74) is 0. The summed E-state index contributed by atoms with van der Waals surface area (Å²) >= 11 is 5.81. The first-order chi connectivity index (χ1) is 8.30. The number of esters is 1. The highest BCUT2D eigenvalue weighted by Gasteiger charge is 2.28. The summed E-state index contributed by atoms with van der Waals surface area (Å²) in [6.07, 6.45) is 1.29. The third-order valence-corrected chi connectivity index (χ3v) is 4.44. The van der Waals surface area contributed by atoms with Gasteiger partial charge in [-0.15, -0.1) is 0 Å². The highest BCUT2D eigenvalue weighted by atomic mass is 35.5. The quantitative estimate of drug-likeness (QED) is 0.728. The van der Waals surface area contributed by atoms with Crippen LogP contribution >= 0.6 is 11.6 Å². The average molecular weight is 296 g/mol. The van der Waals surface area contributed by atoms with Gasteiger partial charge in [-0.05, 0) is 6.92 Å². The van der Waals surface area contributed by atoms with E-state index >= 15 is 0 Å². The van der Waals surface area contributed by atoms with Gasteiger partial charge in [0.25, 0.3) is 10.0 Å². The van der Waals surface area contributed by atoms with Crippen LogP contribution in [0.25, 0.3) is 0 Å². The SMILES string of the molecule is CCOC(=O)CN(C)S(=O)(=O)c1ncn(C)c1Cl. The van der Waals surface area contributed by atoms with E-state index in [1.165, 1.54) is 17.9 Å². The maximum Gasteiger partial charge on any atom is 0.321 e. The van der Waals surface area contributed by atoms with Gasteiger partial charge in [0.05, 0.1) is 12.9 Å². The largest absolute Gasteiger partial charge is 0.465 e. The lowest BCUT2D eigenvalue weighted by atomic mass is 10.6. The number of imidazole rings is 1. The molecule has 0 spiro atoms. The summed E-state index contributed by atoms with van der Waals surface area (Å²) in [6.45, 7) is 1.45. The minimum atomic E-state index is -3.89. The van der Waals surface area contributed by atoms with Crippen LogP contribution in [-0.4, -0.2) is 48.4 Å². The fourth-order valence-electron chi connectivity index (χ4n) is 1.19. The van der Waals surface area contributed by atoms with E-state index in [1.807, 2.05) is 0 Å². The first-order valence-corrected chi connectivity index (χ1v) is 6.91. The van der Waals surface area contributed by atoms with Crippen molar-refractivity contribution >= 4 is 27.6 Å². The molecule has 1 rings (SSSR count). The Morgan fingerprint density at radius 1 is 1.61 bits per heavy atom. The Morgan fingerprint density at radius 3 is 2.67 bits per heavy atom. The van der Waals surface area contributed by atoms with Gasteiger partial charge >= 0.3 is 5.97 Å². The molecule has 0 saturated heterocycles. The molecule has 102 valence electrons. The van der Waals surface area contributed by atoms with Gasteiger partial charge in [0.15, 0.2) is 0 Å². The molecule has 0 unspecified atom stereocenters. The second-order valence-corrected chi connectivity index (χ2v) is 5.84. The van der Waals surface area contributed by atoms with E-state index in [0.717, 1.165) is 4.31 Å². The Labute approximate surface area is 110 Å². The molecular weight excluding hydrogens is 282 g/mol. The molecule has 0 fully saturated rings. The first kappa shape index (κ1) is 14.9. The highest BCUT2D eigenvalue weighted by molar-refractivity contribution is 7.89. The van der Waals surface area contributed by atoms with Crippen LogP contribution in [0.1, 0.15) is 6.92 Å². The third-order valence-electron chi connectivity index (χ3n) is 2.15. The summed E-state index contributed by atoms with van der Waals surface area (Å²) in [6, 6.07) is 0. The Bertz CT molecular complexity index is 540. The molecule has 9 heteroatoms. The topological polar surface area (TPSA) is 81.5 Å². The molecule has 0 aliphatic heterocycles. The standard InChI is InChI=1S/C9H14ClN3O4S/c1-4-17-7(14)5-13(3)18(15,16)9-8(10)12(2)6-11-9/h6H,4-5H2,1-3H3. The van der Waals surface area contributed by atoms with Crippen LogP contribution in [0.3, 0.4) is 0 Å². The zero-order valence-corrected chi connectivity index (χ0v) is 11.8. The second kappa shape index (κ2) is 5.68. The average Bonchev–Trinajstić information content (AvgIpc) is 2.60. The number of aromatic nitrogens is 2. The molecular formula is C9H14ClN3O4S. The van der Waals surface area contributed by atoms with Crippen LogP contribution < -0.4 is 0 Å². The molecule has 7 nitrogen and oxygen atoms in total. The van der Waals surface area contributed by atoms with Crippen molar-refractivity contribution < 1.29 is 17.9 Å². The Hall–Kier alpha value is -1.12. The maximum atomic E-state index is 12.1. The van der Waals surface area contributed by atoms with Crippen molar-refractivity contribution in [3.63, 3.8) is 0 Å². The van der Waals surface area contributed by atoms with E-state index in [0.29, 0.717) is 0 Å². The predicted octanol–water partition coefficient (Wildman–Crippen LogP) is 0.257. The third kappa shape index (κ3) is 3.01. The van der Waals surface area contributed by atoms with Crippen LogP contribution in [0.15, 0.2) is 11.4 Å². The zero-order valence-electron chi connectivity index (χ0n) is 10.3. The molecule has 0 N–H and O–H groups in total. The van der Waals surface area contributed by atoms with Crippen molar-refractivity contribution in [3.8, 4) is 0 Å². The van der Waals surface area contributed by atoms with Crippen LogP contribution in [-0.2, 0) is 26.6 Å². The predicted molar refractivity (Wildman–Crippen MR) is 64.7 cm³/mol. The number of hydrogen-bond donors (Lipinski definition) is 0. The van der Waals surface area contributed by atoms with Crippen molar-refractivity contribution in [2.24, 2.45) is 7.05 Å². The molecule has 0 amide bonds. The Kier molecular flexibility index (Phi) is 4.71. The van der Waals surface area contributed by atoms with E-state index in [-0.39, 0.29) is 23.3 Å². The lowest BCUT2D eigenvalue weighted by Gasteiger charge is -2.14. The van der Waals surface area contributed by atoms with Crippen LogP contribution in [0.5, 0.6) is 0 Å². The van der Waals surface area contributed by atoms with Crippen molar-refractivity contribution in [1.29, 1.82) is 0 Å². The number of rotatable bonds is 5. The Balaban J connectivity index is 2.94. The van der Waals surface area contributed by atoms with Gasteiger partial charge in [-0.2, -0.15) is 4.31 Å². The molecule has 1 aromatic rings. The molecule has 18 heavy (non-hydrogen) atoms. The number of hydrogen-bond acceptors (Lipinski definition) is 5. The monoisotopic (exact) mass is 295 g/mol. The van der Waals surface area contributed by atoms with E-state index in [4.69, 9.17) is 11.6 Å². The van der Waals surface area contributed by atoms with Gasteiger partial charge < -0.3 is 9.30 Å². The van der Waals surface area contributed by atoms with Gasteiger partial charge in [0, 0.05) is 14.1 Å². The number of halogens is 1. The van der Waals surface area contributed by atoms with E-state index < -0.39 is 16.0 Å². The number of sulfonamides is 1. The highest BCUT2D eigenvalue weighted by Crippen LogP contribution is 2.21. The maximum absolute atomic E-state index is 12.1. The van der Waals surface area contributed by atoms with E-state index in [1.54, 1.807) is 14.0 Å². The summed E-state index contributed by atoms with van der Waals surface area (Å²) in [7, 11) is -1.06. The van der Waals surface area contributed by atoms with Gasteiger partial charge in [0.1, 0.15) is 11.7 Å². The molecule has 0 saturated carbocycles. The van der Waals surface area contributed by atoms with E-state index in [9.17, 15) is 13.2 Å². The summed E-state index contributed by atoms with van der Waals surface area (Å²) < 4.78 is 31.0. The normalized spacial score (nSPS) is 11.8. The van der Waals surface area contributed by atoms with Crippen molar-refractivity contribution in [1.82, 2.24) is 13.9 Å². The van der Waals surface area contributed by atoms with Gasteiger partial charge in [-0.3, -0.25) is 4.79 Å². The van der Waals surface area contributed by atoms with Crippen LogP contribution in [0, 0.1) is 0 Å². The smallest absolute Gasteiger partial charge is 0.321 e. The van der Waals surface area contributed by atoms with Crippen LogP contribution in [0.4, 0.5) is 0 Å². The molecule has 1 aromatic heterocycles. The molecule has 0 aliphatic carbocycles. The lowest BCUT2D eigenvalue weighted by Crippen LogP contribution is -2.33. The van der Waals surface area contributed by atoms with Gasteiger partial charge in [0.2, 0.25) is 5.03 Å². The van der Waals surface area contributed by atoms with Crippen molar-refractivity contribution in [2.75, 3.05) is 20.2 Å². The van der Waals surface area contributed by atoms with Crippen molar-refractivity contribution in [2.45, 2.75) is 11.9 Å². The van der Waals surface area contributed by atoms with E-state index in [2.05, 4.69) is 9.72 Å². The minimum absolute atomic E-state index is 0.00860. The molecule has 0 atom stereocenters. The molecule has 1 heterocycles. The second-order valence-electron chi connectivity index (χ2n) is 3.52. The summed E-state index contributed by atoms with van der Waals surface area (Å²) in [4.78, 5) is 14.9. The molecule has 0 aliphatic rings. The zero-order chi connectivity index (χ0) is 13.9. The number of nitrogens with zero attached hydrogens (tertiary/aromatic N) is 3. The van der Waals surface area contributed by atoms with Gasteiger partial charge in [-0.1, -0.05) is 11.6 Å². The van der Waals surface area contributed by atoms with Crippen LogP contribution in [0.2, 0.25) is 5.15 Å². The first-order valence-electron chi connectivity index (χ1n) is 5.09. The number of carbonyl (C=O) groups excluding carboxylic acids is 1. The number of carbonyl (C=O) groups is 1. The summed E-state index contributed by atoms with van der Waals surface area (Å²) in [5.74, 6) is -0.629. The molecule has 0 aromatic carbocycles. The minimum Gasteiger partial charge on any atom is -0.465 e. The molecule has 0 bridgehead atoms. The summed E-state index contributed by atoms with van der Waals surface area (Å²) in [5, 5.41) is -0.288. The number of likely N-dealkylation sites (N-methyl/N-ethyl adjacent to an activating group) is 1. The fraction of sp³-hybridized carbons (Fsp3) is 0.556. The van der Waals surface area contributed by atoms with Crippen molar-refractivity contribution in [3.05, 3.63) is 11.5 Å². The lowest BCUT2D eigenvalue weighted by molar-refractivity contribution is -0.143. The molecule has 0 radical (unpaired) electrons. The fourth-order valence-corrected chi connectivity index (χ4v) is 2.68. The van der Waals surface area contributed by atoms with Gasteiger partial charge in [-0.25, -0.2) is 13.4 Å². The number of ether oxygens (including phenoxy) is 1. The number of aryl methyl sites for hydroxylation is 1. The Morgan fingerprint density at radius 2 is 2.22 bits per heavy atom.